The highest BCUT2D eigenvalue weighted by atomic mass is 35.5. The van der Waals surface area contributed by atoms with Crippen LogP contribution in [-0.2, 0) is 0 Å². The molecule has 1 aliphatic carbocycles. The summed E-state index contributed by atoms with van der Waals surface area (Å²) < 4.78 is 1.89. The molecule has 0 radical (unpaired) electrons. The number of nitrogens with zero attached hydrogens (tertiary/aromatic N) is 1. The van der Waals surface area contributed by atoms with Crippen LogP contribution in [0, 0.1) is 11.8 Å². The standard InChI is InChI=1S/C16H25ClN2O2/c1-11(2)19-9-14(17)7-15(19)16(21)18-8-12-5-3-4-6-13(12)10-20/h7,9,11-13,20H,3-6,8,10H2,1-2H3,(H,18,21). The maximum Gasteiger partial charge on any atom is 0.267 e. The molecule has 2 rings (SSSR count). The Morgan fingerprint density at radius 2 is 2.10 bits per heavy atom. The van der Waals surface area contributed by atoms with Gasteiger partial charge in [-0.05, 0) is 44.6 Å². The average molecular weight is 313 g/mol. The number of hydrogen-bond acceptors (Lipinski definition) is 2. The smallest absolute Gasteiger partial charge is 0.267 e. The molecule has 1 amide bonds. The fraction of sp³-hybridized carbons (Fsp3) is 0.688. The summed E-state index contributed by atoms with van der Waals surface area (Å²) in [5.41, 5.74) is 0.603. The van der Waals surface area contributed by atoms with Crippen molar-refractivity contribution in [3.05, 3.63) is 23.0 Å². The van der Waals surface area contributed by atoms with Crippen molar-refractivity contribution >= 4 is 17.5 Å². The van der Waals surface area contributed by atoms with E-state index in [1.807, 2.05) is 18.4 Å². The Balaban J connectivity index is 1.98. The van der Waals surface area contributed by atoms with E-state index in [0.717, 1.165) is 12.8 Å². The van der Waals surface area contributed by atoms with Crippen molar-refractivity contribution in [2.24, 2.45) is 11.8 Å². The summed E-state index contributed by atoms with van der Waals surface area (Å²) in [4.78, 5) is 12.4. The first-order chi connectivity index (χ1) is 10.0. The molecular formula is C16H25ClN2O2. The van der Waals surface area contributed by atoms with Gasteiger partial charge in [-0.25, -0.2) is 0 Å². The van der Waals surface area contributed by atoms with Gasteiger partial charge in [0.2, 0.25) is 0 Å². The molecule has 1 fully saturated rings. The SMILES string of the molecule is CC(C)n1cc(Cl)cc1C(=O)NCC1CCCCC1CO. The summed E-state index contributed by atoms with van der Waals surface area (Å²) in [6, 6.07) is 1.90. The van der Waals surface area contributed by atoms with Gasteiger partial charge in [0, 0.05) is 25.4 Å². The van der Waals surface area contributed by atoms with E-state index in [-0.39, 0.29) is 18.6 Å². The number of carbonyl (C=O) groups is 1. The first-order valence-corrected chi connectivity index (χ1v) is 8.17. The molecule has 21 heavy (non-hydrogen) atoms. The van der Waals surface area contributed by atoms with Crippen molar-refractivity contribution in [2.75, 3.05) is 13.2 Å². The molecule has 118 valence electrons. The van der Waals surface area contributed by atoms with E-state index in [1.54, 1.807) is 12.3 Å². The van der Waals surface area contributed by atoms with Crippen molar-refractivity contribution in [2.45, 2.75) is 45.6 Å². The van der Waals surface area contributed by atoms with Crippen molar-refractivity contribution in [1.29, 1.82) is 0 Å². The second kappa shape index (κ2) is 7.32. The van der Waals surface area contributed by atoms with Gasteiger partial charge in [0.1, 0.15) is 5.69 Å². The highest BCUT2D eigenvalue weighted by molar-refractivity contribution is 6.31. The Labute approximate surface area is 131 Å². The number of nitrogens with one attached hydrogen (secondary N) is 1. The van der Waals surface area contributed by atoms with Gasteiger partial charge < -0.3 is 15.0 Å². The van der Waals surface area contributed by atoms with E-state index in [9.17, 15) is 9.90 Å². The lowest BCUT2D eigenvalue weighted by Gasteiger charge is -2.30. The number of rotatable bonds is 5. The largest absolute Gasteiger partial charge is 0.396 e. The van der Waals surface area contributed by atoms with Gasteiger partial charge in [-0.1, -0.05) is 24.4 Å². The molecule has 2 N–H and O–H groups in total. The Kier molecular flexibility index (Phi) is 5.71. The molecule has 4 nitrogen and oxygen atoms in total. The number of hydrogen-bond donors (Lipinski definition) is 2. The highest BCUT2D eigenvalue weighted by Gasteiger charge is 2.25. The minimum absolute atomic E-state index is 0.0853. The van der Waals surface area contributed by atoms with Crippen LogP contribution in [0.25, 0.3) is 0 Å². The Hall–Kier alpha value is -1.00. The Bertz CT molecular complexity index is 485. The number of amides is 1. The lowest BCUT2D eigenvalue weighted by atomic mass is 9.79. The molecule has 1 saturated carbocycles. The maximum absolute atomic E-state index is 12.4. The molecule has 0 aliphatic heterocycles. The summed E-state index contributed by atoms with van der Waals surface area (Å²) in [5, 5.41) is 13.0. The number of halogens is 1. The number of aromatic nitrogens is 1. The van der Waals surface area contributed by atoms with Gasteiger partial charge in [0.25, 0.3) is 5.91 Å². The van der Waals surface area contributed by atoms with E-state index in [2.05, 4.69) is 5.32 Å². The van der Waals surface area contributed by atoms with Crippen LogP contribution in [0.3, 0.4) is 0 Å². The molecule has 0 spiro atoms. The zero-order chi connectivity index (χ0) is 15.4. The molecule has 0 aromatic carbocycles. The van der Waals surface area contributed by atoms with Crippen LogP contribution in [0.4, 0.5) is 0 Å². The molecule has 1 aromatic heterocycles. The average Bonchev–Trinajstić information content (AvgIpc) is 2.87. The zero-order valence-corrected chi connectivity index (χ0v) is 13.6. The van der Waals surface area contributed by atoms with Crippen LogP contribution in [0.15, 0.2) is 12.3 Å². The van der Waals surface area contributed by atoms with E-state index >= 15 is 0 Å². The van der Waals surface area contributed by atoms with Gasteiger partial charge in [-0.2, -0.15) is 0 Å². The molecule has 1 aromatic rings. The van der Waals surface area contributed by atoms with Gasteiger partial charge >= 0.3 is 0 Å². The van der Waals surface area contributed by atoms with Crippen LogP contribution in [0.2, 0.25) is 5.02 Å². The second-order valence-corrected chi connectivity index (χ2v) is 6.68. The van der Waals surface area contributed by atoms with Crippen LogP contribution in [0.5, 0.6) is 0 Å². The number of aliphatic hydroxyl groups is 1. The minimum Gasteiger partial charge on any atom is -0.396 e. The van der Waals surface area contributed by atoms with E-state index in [0.29, 0.717) is 29.1 Å². The molecule has 5 heteroatoms. The minimum atomic E-state index is -0.0853. The van der Waals surface area contributed by atoms with E-state index in [1.165, 1.54) is 12.8 Å². The summed E-state index contributed by atoms with van der Waals surface area (Å²) in [6.07, 6.45) is 6.30. The highest BCUT2D eigenvalue weighted by Crippen LogP contribution is 2.29. The van der Waals surface area contributed by atoms with Crippen molar-refractivity contribution in [1.82, 2.24) is 9.88 Å². The monoisotopic (exact) mass is 312 g/mol. The summed E-state index contributed by atoms with van der Waals surface area (Å²) >= 11 is 6.01. The maximum atomic E-state index is 12.4. The van der Waals surface area contributed by atoms with Crippen LogP contribution >= 0.6 is 11.6 Å². The van der Waals surface area contributed by atoms with Crippen molar-refractivity contribution < 1.29 is 9.90 Å². The van der Waals surface area contributed by atoms with Gasteiger partial charge in [-0.3, -0.25) is 4.79 Å². The number of aliphatic hydroxyl groups excluding tert-OH is 1. The topological polar surface area (TPSA) is 54.3 Å². The van der Waals surface area contributed by atoms with Crippen molar-refractivity contribution in [3.8, 4) is 0 Å². The normalized spacial score (nSPS) is 22.5. The molecule has 1 heterocycles. The lowest BCUT2D eigenvalue weighted by Crippen LogP contribution is -2.36. The lowest BCUT2D eigenvalue weighted by molar-refractivity contribution is 0.0899. The van der Waals surface area contributed by atoms with E-state index in [4.69, 9.17) is 11.6 Å². The van der Waals surface area contributed by atoms with Crippen LogP contribution in [0.1, 0.15) is 56.1 Å². The fourth-order valence-corrected chi connectivity index (χ4v) is 3.37. The number of carbonyl (C=O) groups excluding carboxylic acids is 1. The summed E-state index contributed by atoms with van der Waals surface area (Å²) in [6.45, 7) is 4.89. The molecule has 2 atom stereocenters. The zero-order valence-electron chi connectivity index (χ0n) is 12.8. The van der Waals surface area contributed by atoms with Crippen LogP contribution < -0.4 is 5.32 Å². The van der Waals surface area contributed by atoms with Gasteiger partial charge in [0.05, 0.1) is 5.02 Å². The first kappa shape index (κ1) is 16.4. The summed E-state index contributed by atoms with van der Waals surface area (Å²) in [7, 11) is 0. The molecule has 0 saturated heterocycles. The predicted molar refractivity (Wildman–Crippen MR) is 84.7 cm³/mol. The molecule has 0 bridgehead atoms. The van der Waals surface area contributed by atoms with E-state index < -0.39 is 0 Å². The van der Waals surface area contributed by atoms with Gasteiger partial charge in [0.15, 0.2) is 0 Å². The molecular weight excluding hydrogens is 288 g/mol. The molecule has 2 unspecified atom stereocenters. The third kappa shape index (κ3) is 4.01. The predicted octanol–water partition coefficient (Wildman–Crippen LogP) is 3.25. The Morgan fingerprint density at radius 3 is 2.71 bits per heavy atom. The first-order valence-electron chi connectivity index (χ1n) is 7.79. The van der Waals surface area contributed by atoms with Gasteiger partial charge in [-0.15, -0.1) is 0 Å². The molecule has 1 aliphatic rings. The van der Waals surface area contributed by atoms with Crippen molar-refractivity contribution in [3.63, 3.8) is 0 Å². The fourth-order valence-electron chi connectivity index (χ4n) is 3.16. The summed E-state index contributed by atoms with van der Waals surface area (Å²) in [5.74, 6) is 0.614. The quantitative estimate of drug-likeness (QED) is 0.877. The second-order valence-electron chi connectivity index (χ2n) is 6.24. The third-order valence-corrected chi connectivity index (χ3v) is 4.64. The Morgan fingerprint density at radius 1 is 1.43 bits per heavy atom. The third-order valence-electron chi connectivity index (χ3n) is 4.43. The van der Waals surface area contributed by atoms with Crippen LogP contribution in [-0.4, -0.2) is 28.7 Å².